The molecule has 1 fully saturated rings. The first-order valence-electron chi connectivity index (χ1n) is 7.21. The van der Waals surface area contributed by atoms with E-state index in [0.29, 0.717) is 23.5 Å². The molecule has 1 aromatic carbocycles. The third-order valence-corrected chi connectivity index (χ3v) is 4.27. The smallest absolute Gasteiger partial charge is 0.306 e. The molecule has 0 saturated heterocycles. The van der Waals surface area contributed by atoms with Gasteiger partial charge in [0.1, 0.15) is 5.75 Å². The number of rotatable bonds is 7. The Kier molecular flexibility index (Phi) is 4.92. The van der Waals surface area contributed by atoms with Crippen LogP contribution in [-0.2, 0) is 4.79 Å². The third-order valence-electron chi connectivity index (χ3n) is 4.03. The van der Waals surface area contributed by atoms with Crippen LogP contribution >= 0.6 is 11.6 Å². The highest BCUT2D eigenvalue weighted by molar-refractivity contribution is 6.30. The highest BCUT2D eigenvalue weighted by Gasteiger charge is 2.44. The van der Waals surface area contributed by atoms with Gasteiger partial charge in [-0.25, -0.2) is 0 Å². The predicted molar refractivity (Wildman–Crippen MR) is 79.5 cm³/mol. The number of ether oxygens (including phenoxy) is 1. The van der Waals surface area contributed by atoms with Crippen LogP contribution < -0.4 is 4.74 Å². The minimum Gasteiger partial charge on any atom is -0.494 e. The Bertz CT molecular complexity index is 487. The molecule has 3 unspecified atom stereocenters. The number of aliphatic carboxylic acids is 1. The minimum absolute atomic E-state index is 0.154. The van der Waals surface area contributed by atoms with Crippen molar-refractivity contribution in [3.05, 3.63) is 28.8 Å². The summed E-state index contributed by atoms with van der Waals surface area (Å²) in [6.45, 7) is 4.70. The second-order valence-electron chi connectivity index (χ2n) is 5.40. The Balaban J connectivity index is 2.14. The maximum atomic E-state index is 11.0. The molecule has 0 spiro atoms. The molecule has 3 atom stereocenters. The molecular formula is C16H21ClO3. The molecule has 1 aromatic rings. The fraction of sp³-hybridized carbons (Fsp3) is 0.562. The predicted octanol–water partition coefficient (Wildman–Crippen LogP) is 4.34. The summed E-state index contributed by atoms with van der Waals surface area (Å²) < 4.78 is 5.68. The van der Waals surface area contributed by atoms with Crippen LogP contribution in [0.15, 0.2) is 18.2 Å². The molecule has 0 aliphatic heterocycles. The van der Waals surface area contributed by atoms with E-state index in [1.165, 1.54) is 0 Å². The van der Waals surface area contributed by atoms with Gasteiger partial charge < -0.3 is 9.84 Å². The van der Waals surface area contributed by atoms with Gasteiger partial charge in [0.2, 0.25) is 0 Å². The van der Waals surface area contributed by atoms with E-state index < -0.39 is 5.97 Å². The van der Waals surface area contributed by atoms with E-state index in [2.05, 4.69) is 6.92 Å². The van der Waals surface area contributed by atoms with Crippen LogP contribution in [0.3, 0.4) is 0 Å². The van der Waals surface area contributed by atoms with E-state index in [1.807, 2.05) is 25.1 Å². The van der Waals surface area contributed by atoms with Crippen LogP contribution in [0.2, 0.25) is 5.02 Å². The molecule has 1 saturated carbocycles. The van der Waals surface area contributed by atoms with Crippen molar-refractivity contribution in [3.8, 4) is 5.75 Å². The minimum atomic E-state index is -0.666. The Morgan fingerprint density at radius 3 is 2.80 bits per heavy atom. The van der Waals surface area contributed by atoms with Crippen molar-refractivity contribution in [1.82, 2.24) is 0 Å². The molecule has 20 heavy (non-hydrogen) atoms. The Labute approximate surface area is 124 Å². The number of carbonyl (C=O) groups is 1. The van der Waals surface area contributed by atoms with Gasteiger partial charge >= 0.3 is 5.97 Å². The SMILES string of the molecule is CCOc1ccc(Cl)cc1C(CC)CC1CC1C(=O)O. The number of hydrogen-bond acceptors (Lipinski definition) is 2. The summed E-state index contributed by atoms with van der Waals surface area (Å²) >= 11 is 6.10. The van der Waals surface area contributed by atoms with E-state index in [-0.39, 0.29) is 5.92 Å². The van der Waals surface area contributed by atoms with Crippen LogP contribution in [0.5, 0.6) is 5.75 Å². The summed E-state index contributed by atoms with van der Waals surface area (Å²) in [5.41, 5.74) is 1.11. The molecule has 2 rings (SSSR count). The fourth-order valence-electron chi connectivity index (χ4n) is 2.81. The van der Waals surface area contributed by atoms with Crippen molar-refractivity contribution >= 4 is 17.6 Å². The highest BCUT2D eigenvalue weighted by Crippen LogP contribution is 2.47. The molecule has 1 aliphatic carbocycles. The number of carboxylic acid groups (broad SMARTS) is 1. The molecule has 0 heterocycles. The molecule has 0 amide bonds. The van der Waals surface area contributed by atoms with Gasteiger partial charge in [0.15, 0.2) is 0 Å². The quantitative estimate of drug-likeness (QED) is 0.814. The number of halogens is 1. The molecule has 1 N–H and O–H groups in total. The second-order valence-corrected chi connectivity index (χ2v) is 5.83. The van der Waals surface area contributed by atoms with Gasteiger partial charge in [0, 0.05) is 5.02 Å². The number of hydrogen-bond donors (Lipinski definition) is 1. The average molecular weight is 297 g/mol. The van der Waals surface area contributed by atoms with Crippen LogP contribution in [0.25, 0.3) is 0 Å². The molecule has 3 nitrogen and oxygen atoms in total. The highest BCUT2D eigenvalue weighted by atomic mass is 35.5. The van der Waals surface area contributed by atoms with Crippen LogP contribution in [0.4, 0.5) is 0 Å². The molecule has 4 heteroatoms. The first-order chi connectivity index (χ1) is 9.56. The van der Waals surface area contributed by atoms with E-state index in [9.17, 15) is 4.79 Å². The number of carboxylic acids is 1. The summed E-state index contributed by atoms with van der Waals surface area (Å²) in [6.07, 6.45) is 2.66. The van der Waals surface area contributed by atoms with E-state index in [4.69, 9.17) is 21.4 Å². The zero-order chi connectivity index (χ0) is 14.7. The third kappa shape index (κ3) is 3.45. The maximum Gasteiger partial charge on any atom is 0.306 e. The summed E-state index contributed by atoms with van der Waals surface area (Å²) in [5.74, 6) is 0.659. The normalized spacial score (nSPS) is 22.4. The van der Waals surface area contributed by atoms with Crippen molar-refractivity contribution < 1.29 is 14.6 Å². The summed E-state index contributed by atoms with van der Waals surface area (Å²) in [5, 5.41) is 9.72. The van der Waals surface area contributed by atoms with E-state index in [1.54, 1.807) is 0 Å². The standard InChI is InChI=1S/C16H21ClO3/c1-3-10(7-11-8-14(11)16(18)19)13-9-12(17)5-6-15(13)20-4-2/h5-6,9-11,14H,3-4,7-8H2,1-2H3,(H,18,19). The molecule has 1 aliphatic rings. The van der Waals surface area contributed by atoms with Gasteiger partial charge in [-0.15, -0.1) is 0 Å². The van der Waals surface area contributed by atoms with E-state index >= 15 is 0 Å². The van der Waals surface area contributed by atoms with Crippen molar-refractivity contribution in [2.75, 3.05) is 6.61 Å². The largest absolute Gasteiger partial charge is 0.494 e. The maximum absolute atomic E-state index is 11.0. The zero-order valence-corrected chi connectivity index (χ0v) is 12.7. The van der Waals surface area contributed by atoms with E-state index in [0.717, 1.165) is 30.6 Å². The van der Waals surface area contributed by atoms with Gasteiger partial charge in [-0.3, -0.25) is 4.79 Å². The average Bonchev–Trinajstić information content (AvgIpc) is 3.18. The van der Waals surface area contributed by atoms with Crippen molar-refractivity contribution in [2.45, 2.75) is 39.0 Å². The van der Waals surface area contributed by atoms with Crippen molar-refractivity contribution in [2.24, 2.45) is 11.8 Å². The van der Waals surface area contributed by atoms with Gasteiger partial charge in [-0.2, -0.15) is 0 Å². The van der Waals surface area contributed by atoms with Gasteiger partial charge in [0.25, 0.3) is 0 Å². The lowest BCUT2D eigenvalue weighted by atomic mass is 9.90. The van der Waals surface area contributed by atoms with Gasteiger partial charge in [-0.05, 0) is 61.8 Å². The first kappa shape index (κ1) is 15.2. The zero-order valence-electron chi connectivity index (χ0n) is 11.9. The lowest BCUT2D eigenvalue weighted by Crippen LogP contribution is -2.06. The molecule has 0 aromatic heterocycles. The first-order valence-corrected chi connectivity index (χ1v) is 7.59. The van der Waals surface area contributed by atoms with Gasteiger partial charge in [-0.1, -0.05) is 18.5 Å². The topological polar surface area (TPSA) is 46.5 Å². The number of benzene rings is 1. The molecule has 0 radical (unpaired) electrons. The molecule has 0 bridgehead atoms. The molecular weight excluding hydrogens is 276 g/mol. The second kappa shape index (κ2) is 6.49. The Morgan fingerprint density at radius 2 is 2.25 bits per heavy atom. The summed E-state index contributed by atoms with van der Waals surface area (Å²) in [4.78, 5) is 11.0. The fourth-order valence-corrected chi connectivity index (χ4v) is 3.00. The monoisotopic (exact) mass is 296 g/mol. The van der Waals surface area contributed by atoms with Crippen LogP contribution in [0.1, 0.15) is 44.6 Å². The van der Waals surface area contributed by atoms with Crippen LogP contribution in [0, 0.1) is 11.8 Å². The van der Waals surface area contributed by atoms with Crippen molar-refractivity contribution in [1.29, 1.82) is 0 Å². The summed E-state index contributed by atoms with van der Waals surface area (Å²) in [6, 6.07) is 5.70. The lowest BCUT2D eigenvalue weighted by Gasteiger charge is -2.19. The summed E-state index contributed by atoms with van der Waals surface area (Å²) in [7, 11) is 0. The lowest BCUT2D eigenvalue weighted by molar-refractivity contribution is -0.138. The molecule has 110 valence electrons. The van der Waals surface area contributed by atoms with Gasteiger partial charge in [0.05, 0.1) is 12.5 Å². The van der Waals surface area contributed by atoms with Crippen LogP contribution in [-0.4, -0.2) is 17.7 Å². The Hall–Kier alpha value is -1.22. The Morgan fingerprint density at radius 1 is 1.50 bits per heavy atom. The van der Waals surface area contributed by atoms with Crippen molar-refractivity contribution in [3.63, 3.8) is 0 Å².